The molecular weight excluding hydrogens is 300 g/mol. The molecule has 5 heteroatoms. The van der Waals surface area contributed by atoms with Gasteiger partial charge in [0.2, 0.25) is 5.91 Å². The monoisotopic (exact) mass is 318 g/mol. The smallest absolute Gasteiger partial charge is 0.248 e. The summed E-state index contributed by atoms with van der Waals surface area (Å²) >= 11 is 0. The van der Waals surface area contributed by atoms with Gasteiger partial charge in [-0.3, -0.25) is 9.78 Å². The molecule has 0 unspecified atom stereocenters. The van der Waals surface area contributed by atoms with E-state index >= 15 is 0 Å². The molecule has 1 amide bonds. The molecule has 0 saturated heterocycles. The van der Waals surface area contributed by atoms with Gasteiger partial charge in [-0.2, -0.15) is 0 Å². The van der Waals surface area contributed by atoms with Gasteiger partial charge in [-0.25, -0.2) is 4.98 Å². The number of aryl methyl sites for hydroxylation is 2. The van der Waals surface area contributed by atoms with E-state index in [9.17, 15) is 4.79 Å². The number of aromatic nitrogens is 2. The van der Waals surface area contributed by atoms with Crippen LogP contribution in [0.4, 0.5) is 5.82 Å². The second kappa shape index (κ2) is 6.91. The molecule has 0 aliphatic carbocycles. The summed E-state index contributed by atoms with van der Waals surface area (Å²) in [6, 6.07) is 15.1. The molecular formula is C19H18N4O. The van der Waals surface area contributed by atoms with Crippen molar-refractivity contribution in [3.8, 4) is 11.1 Å². The third-order valence-corrected chi connectivity index (χ3v) is 3.86. The van der Waals surface area contributed by atoms with Crippen LogP contribution in [-0.4, -0.2) is 15.9 Å². The average molecular weight is 318 g/mol. The number of carbonyl (C=O) groups is 1. The van der Waals surface area contributed by atoms with Crippen molar-refractivity contribution in [1.29, 1.82) is 0 Å². The average Bonchev–Trinajstić information content (AvgIpc) is 2.60. The quantitative estimate of drug-likeness (QED) is 0.756. The highest BCUT2D eigenvalue weighted by Gasteiger charge is 2.08. The first-order valence-corrected chi connectivity index (χ1v) is 7.68. The third-order valence-electron chi connectivity index (χ3n) is 3.86. The van der Waals surface area contributed by atoms with Crippen molar-refractivity contribution < 1.29 is 4.79 Å². The summed E-state index contributed by atoms with van der Waals surface area (Å²) in [7, 11) is 0. The van der Waals surface area contributed by atoms with Gasteiger partial charge in [0, 0.05) is 23.7 Å². The summed E-state index contributed by atoms with van der Waals surface area (Å²) in [4.78, 5) is 19.9. The Hall–Kier alpha value is -3.21. The number of benzene rings is 1. The lowest BCUT2D eigenvalue weighted by Gasteiger charge is -2.08. The fraction of sp³-hybridized carbons (Fsp3) is 0.105. The van der Waals surface area contributed by atoms with E-state index in [0.29, 0.717) is 17.8 Å². The van der Waals surface area contributed by atoms with Crippen molar-refractivity contribution in [3.63, 3.8) is 0 Å². The number of anilines is 1. The Morgan fingerprint density at radius 1 is 0.917 bits per heavy atom. The van der Waals surface area contributed by atoms with Crippen molar-refractivity contribution in [2.45, 2.75) is 12.8 Å². The van der Waals surface area contributed by atoms with Gasteiger partial charge in [-0.05, 0) is 59.9 Å². The molecule has 120 valence electrons. The molecule has 4 N–H and O–H groups in total. The zero-order chi connectivity index (χ0) is 16.9. The fourth-order valence-corrected chi connectivity index (χ4v) is 2.66. The van der Waals surface area contributed by atoms with Crippen LogP contribution >= 0.6 is 0 Å². The van der Waals surface area contributed by atoms with Crippen LogP contribution in [0.1, 0.15) is 21.6 Å². The second-order valence-corrected chi connectivity index (χ2v) is 5.53. The minimum absolute atomic E-state index is 0.403. The molecule has 3 rings (SSSR count). The minimum atomic E-state index is -0.403. The molecule has 2 heterocycles. The van der Waals surface area contributed by atoms with Crippen LogP contribution in [0, 0.1) is 0 Å². The molecule has 1 aromatic carbocycles. The molecule has 5 nitrogen and oxygen atoms in total. The number of amides is 1. The molecule has 0 bridgehead atoms. The molecule has 0 radical (unpaired) electrons. The Bertz CT molecular complexity index is 877. The number of nitrogens with two attached hydrogens (primary N) is 2. The molecule has 0 aliphatic heterocycles. The van der Waals surface area contributed by atoms with E-state index in [1.54, 1.807) is 18.5 Å². The van der Waals surface area contributed by atoms with Crippen LogP contribution < -0.4 is 11.5 Å². The largest absolute Gasteiger partial charge is 0.384 e. The SMILES string of the molecule is NC(=O)c1ccccc1CCc1cc(-c2ccnc(N)c2)ccn1. The minimum Gasteiger partial charge on any atom is -0.384 e. The second-order valence-electron chi connectivity index (χ2n) is 5.53. The lowest BCUT2D eigenvalue weighted by Crippen LogP contribution is -2.14. The number of nitrogens with zero attached hydrogens (tertiary/aromatic N) is 2. The van der Waals surface area contributed by atoms with E-state index in [-0.39, 0.29) is 0 Å². The van der Waals surface area contributed by atoms with E-state index < -0.39 is 5.91 Å². The zero-order valence-corrected chi connectivity index (χ0v) is 13.1. The summed E-state index contributed by atoms with van der Waals surface area (Å²) in [5, 5.41) is 0. The first kappa shape index (κ1) is 15.7. The first-order chi connectivity index (χ1) is 11.6. The van der Waals surface area contributed by atoms with Crippen LogP contribution in [0.25, 0.3) is 11.1 Å². The number of nitrogen functional groups attached to an aromatic ring is 1. The highest BCUT2D eigenvalue weighted by molar-refractivity contribution is 5.94. The Balaban J connectivity index is 1.80. The van der Waals surface area contributed by atoms with Gasteiger partial charge in [0.25, 0.3) is 0 Å². The maximum absolute atomic E-state index is 11.5. The number of hydrogen-bond acceptors (Lipinski definition) is 4. The molecule has 0 fully saturated rings. The first-order valence-electron chi connectivity index (χ1n) is 7.68. The van der Waals surface area contributed by atoms with Crippen molar-refractivity contribution in [1.82, 2.24) is 9.97 Å². The lowest BCUT2D eigenvalue weighted by atomic mass is 10.00. The van der Waals surface area contributed by atoms with Gasteiger partial charge >= 0.3 is 0 Å². The van der Waals surface area contributed by atoms with E-state index in [2.05, 4.69) is 9.97 Å². The van der Waals surface area contributed by atoms with Crippen LogP contribution in [-0.2, 0) is 12.8 Å². The number of hydrogen-bond donors (Lipinski definition) is 2. The third kappa shape index (κ3) is 3.57. The molecule has 3 aromatic rings. The Labute approximate surface area is 140 Å². The molecule has 0 spiro atoms. The van der Waals surface area contributed by atoms with E-state index in [0.717, 1.165) is 28.8 Å². The number of carbonyl (C=O) groups excluding carboxylic acids is 1. The van der Waals surface area contributed by atoms with E-state index in [4.69, 9.17) is 11.5 Å². The highest BCUT2D eigenvalue weighted by atomic mass is 16.1. The van der Waals surface area contributed by atoms with Crippen molar-refractivity contribution in [2.75, 3.05) is 5.73 Å². The lowest BCUT2D eigenvalue weighted by molar-refractivity contribution is 0.0999. The molecule has 0 saturated carbocycles. The number of primary amides is 1. The van der Waals surface area contributed by atoms with Gasteiger partial charge in [0.05, 0.1) is 0 Å². The van der Waals surface area contributed by atoms with Crippen LogP contribution in [0.2, 0.25) is 0 Å². The van der Waals surface area contributed by atoms with Crippen LogP contribution in [0.5, 0.6) is 0 Å². The van der Waals surface area contributed by atoms with E-state index in [1.165, 1.54) is 0 Å². The van der Waals surface area contributed by atoms with E-state index in [1.807, 2.05) is 42.5 Å². The molecule has 2 aromatic heterocycles. The highest BCUT2D eigenvalue weighted by Crippen LogP contribution is 2.21. The summed E-state index contributed by atoms with van der Waals surface area (Å²) in [5.41, 5.74) is 15.7. The standard InChI is InChI=1S/C19H18N4O/c20-18-12-15(8-10-23-18)14-7-9-22-16(11-14)6-5-13-3-1-2-4-17(13)19(21)24/h1-4,7-12H,5-6H2,(H2,20,23)(H2,21,24). The maximum atomic E-state index is 11.5. The van der Waals surface area contributed by atoms with Gasteiger partial charge in [-0.1, -0.05) is 18.2 Å². The topological polar surface area (TPSA) is 94.9 Å². The number of pyridine rings is 2. The molecule has 0 aliphatic rings. The fourth-order valence-electron chi connectivity index (χ4n) is 2.66. The maximum Gasteiger partial charge on any atom is 0.248 e. The van der Waals surface area contributed by atoms with Crippen LogP contribution in [0.3, 0.4) is 0 Å². The molecule has 0 atom stereocenters. The Morgan fingerprint density at radius 2 is 1.62 bits per heavy atom. The Morgan fingerprint density at radius 3 is 2.38 bits per heavy atom. The molecule has 24 heavy (non-hydrogen) atoms. The summed E-state index contributed by atoms with van der Waals surface area (Å²) in [6.07, 6.45) is 4.89. The van der Waals surface area contributed by atoms with Crippen molar-refractivity contribution in [2.24, 2.45) is 5.73 Å². The number of rotatable bonds is 5. The predicted molar refractivity (Wildman–Crippen MR) is 94.2 cm³/mol. The summed E-state index contributed by atoms with van der Waals surface area (Å²) < 4.78 is 0. The van der Waals surface area contributed by atoms with Gasteiger partial charge in [0.1, 0.15) is 5.82 Å². The Kier molecular flexibility index (Phi) is 4.52. The predicted octanol–water partition coefficient (Wildman–Crippen LogP) is 2.61. The zero-order valence-electron chi connectivity index (χ0n) is 13.1. The van der Waals surface area contributed by atoms with Crippen molar-refractivity contribution >= 4 is 11.7 Å². The van der Waals surface area contributed by atoms with Crippen molar-refractivity contribution in [3.05, 3.63) is 77.7 Å². The van der Waals surface area contributed by atoms with Gasteiger partial charge in [0.15, 0.2) is 0 Å². The normalized spacial score (nSPS) is 10.5. The van der Waals surface area contributed by atoms with Crippen LogP contribution in [0.15, 0.2) is 60.9 Å². The summed E-state index contributed by atoms with van der Waals surface area (Å²) in [5.74, 6) is 0.0841. The van der Waals surface area contributed by atoms with Gasteiger partial charge in [-0.15, -0.1) is 0 Å². The summed E-state index contributed by atoms with van der Waals surface area (Å²) in [6.45, 7) is 0. The van der Waals surface area contributed by atoms with Gasteiger partial charge < -0.3 is 11.5 Å².